The third-order valence-electron chi connectivity index (χ3n) is 9.17. The Labute approximate surface area is 187 Å². The van der Waals surface area contributed by atoms with Gasteiger partial charge in [0.1, 0.15) is 11.9 Å². The van der Waals surface area contributed by atoms with Crippen molar-refractivity contribution in [2.75, 3.05) is 7.11 Å². The maximum Gasteiger partial charge on any atom is 0.306 e. The van der Waals surface area contributed by atoms with Gasteiger partial charge in [0, 0.05) is 19.4 Å². The molecule has 7 unspecified atom stereocenters. The van der Waals surface area contributed by atoms with Crippen LogP contribution in [-0.2, 0) is 19.1 Å². The van der Waals surface area contributed by atoms with E-state index in [2.05, 4.69) is 20.8 Å². The van der Waals surface area contributed by atoms with Crippen LogP contribution in [0.5, 0.6) is 0 Å². The molecule has 5 fully saturated rings. The molecule has 31 heavy (non-hydrogen) atoms. The Hall–Kier alpha value is -0.940. The molecule has 5 aliphatic carbocycles. The molecule has 0 aromatic carbocycles. The molecule has 4 bridgehead atoms. The molecular formula is C26H42O5. The van der Waals surface area contributed by atoms with E-state index in [1.165, 1.54) is 0 Å². The summed E-state index contributed by atoms with van der Waals surface area (Å²) in [6.07, 6.45) is 8.93. The highest BCUT2D eigenvalue weighted by atomic mass is 16.5. The van der Waals surface area contributed by atoms with Crippen LogP contribution in [-0.4, -0.2) is 41.3 Å². The number of hydrogen-bond donors (Lipinski definition) is 1. The zero-order valence-electron chi connectivity index (χ0n) is 20.2. The second kappa shape index (κ2) is 7.83. The highest BCUT2D eigenvalue weighted by Gasteiger charge is 2.63. The highest BCUT2D eigenvalue weighted by Crippen LogP contribution is 2.68. The van der Waals surface area contributed by atoms with Crippen LogP contribution in [0.2, 0.25) is 0 Å². The molecule has 0 radical (unpaired) electrons. The van der Waals surface area contributed by atoms with Crippen molar-refractivity contribution in [3.05, 3.63) is 0 Å². The van der Waals surface area contributed by atoms with E-state index in [0.29, 0.717) is 31.1 Å². The van der Waals surface area contributed by atoms with Gasteiger partial charge in [-0.15, -0.1) is 0 Å². The van der Waals surface area contributed by atoms with Crippen LogP contribution >= 0.6 is 0 Å². The molecule has 5 heteroatoms. The zero-order valence-corrected chi connectivity index (χ0v) is 20.2. The van der Waals surface area contributed by atoms with Gasteiger partial charge in [-0.25, -0.2) is 0 Å². The van der Waals surface area contributed by atoms with E-state index in [9.17, 15) is 14.7 Å². The first-order valence-electron chi connectivity index (χ1n) is 12.3. The van der Waals surface area contributed by atoms with Crippen molar-refractivity contribution >= 4 is 11.8 Å². The molecule has 5 saturated carbocycles. The fraction of sp³-hybridized carbons (Fsp3) is 0.923. The van der Waals surface area contributed by atoms with E-state index < -0.39 is 5.60 Å². The Bertz CT molecular complexity index is 731. The van der Waals surface area contributed by atoms with Gasteiger partial charge >= 0.3 is 5.97 Å². The second-order valence-corrected chi connectivity index (χ2v) is 12.6. The summed E-state index contributed by atoms with van der Waals surface area (Å²) in [5.74, 6) is 1.23. The fourth-order valence-corrected chi connectivity index (χ4v) is 8.64. The van der Waals surface area contributed by atoms with Crippen LogP contribution in [0.25, 0.3) is 0 Å². The first-order valence-corrected chi connectivity index (χ1v) is 12.3. The van der Waals surface area contributed by atoms with Crippen LogP contribution in [0.15, 0.2) is 0 Å². The third-order valence-corrected chi connectivity index (χ3v) is 9.17. The normalized spacial score (nSPS) is 44.3. The van der Waals surface area contributed by atoms with Gasteiger partial charge in [0.25, 0.3) is 0 Å². The number of ether oxygens (including phenoxy) is 2. The lowest BCUT2D eigenvalue weighted by atomic mass is 9.41. The van der Waals surface area contributed by atoms with Gasteiger partial charge in [-0.3, -0.25) is 4.79 Å². The molecule has 5 aliphatic rings. The Morgan fingerprint density at radius 2 is 1.68 bits per heavy atom. The Morgan fingerprint density at radius 3 is 2.26 bits per heavy atom. The van der Waals surface area contributed by atoms with Crippen molar-refractivity contribution in [1.29, 1.82) is 0 Å². The van der Waals surface area contributed by atoms with Crippen molar-refractivity contribution in [2.45, 2.75) is 116 Å². The zero-order chi connectivity index (χ0) is 22.7. The van der Waals surface area contributed by atoms with Crippen LogP contribution < -0.4 is 0 Å². The summed E-state index contributed by atoms with van der Waals surface area (Å²) in [4.78, 5) is 25.3. The molecule has 176 valence electrons. The summed E-state index contributed by atoms with van der Waals surface area (Å²) in [6, 6.07) is 0. The van der Waals surface area contributed by atoms with Crippen molar-refractivity contribution in [3.8, 4) is 0 Å². The maximum atomic E-state index is 13.3. The first-order chi connectivity index (χ1) is 14.4. The summed E-state index contributed by atoms with van der Waals surface area (Å²) in [5, 5.41) is 11.3. The lowest BCUT2D eigenvalue weighted by Crippen LogP contribution is -2.61. The number of rotatable bonds is 7. The van der Waals surface area contributed by atoms with Gasteiger partial charge in [0.15, 0.2) is 0 Å². The average Bonchev–Trinajstić information content (AvgIpc) is 2.57. The molecule has 0 aromatic heterocycles. The lowest BCUT2D eigenvalue weighted by molar-refractivity contribution is -0.209. The van der Waals surface area contributed by atoms with Gasteiger partial charge in [0.2, 0.25) is 0 Å². The minimum absolute atomic E-state index is 0.116. The van der Waals surface area contributed by atoms with Gasteiger partial charge in [-0.2, -0.15) is 0 Å². The van der Waals surface area contributed by atoms with Gasteiger partial charge < -0.3 is 19.4 Å². The van der Waals surface area contributed by atoms with Gasteiger partial charge in [-0.05, 0) is 94.8 Å². The Kier molecular flexibility index (Phi) is 5.87. The predicted octanol–water partition coefficient (Wildman–Crippen LogP) is 4.83. The SMILES string of the molecule is COC(C)(C)C1CCC(C)CC1OC(=O)CC12CC3CC(O)(CC(CC(C)=O)(C3)C1)C2. The van der Waals surface area contributed by atoms with Crippen molar-refractivity contribution < 1.29 is 24.2 Å². The molecule has 5 nitrogen and oxygen atoms in total. The van der Waals surface area contributed by atoms with E-state index in [1.807, 2.05) is 0 Å². The molecule has 0 saturated heterocycles. The third kappa shape index (κ3) is 4.59. The first kappa shape index (κ1) is 23.2. The number of esters is 1. The highest BCUT2D eigenvalue weighted by molar-refractivity contribution is 5.76. The molecular weight excluding hydrogens is 392 g/mol. The van der Waals surface area contributed by atoms with E-state index >= 15 is 0 Å². The number of hydrogen-bond acceptors (Lipinski definition) is 5. The molecule has 0 heterocycles. The fourth-order valence-electron chi connectivity index (χ4n) is 8.64. The monoisotopic (exact) mass is 434 g/mol. The number of carbonyl (C=O) groups excluding carboxylic acids is 2. The van der Waals surface area contributed by atoms with Gasteiger partial charge in [0.05, 0.1) is 17.6 Å². The summed E-state index contributed by atoms with van der Waals surface area (Å²) in [6.45, 7) is 8.08. The summed E-state index contributed by atoms with van der Waals surface area (Å²) in [7, 11) is 1.74. The number of methoxy groups -OCH3 is 1. The van der Waals surface area contributed by atoms with Crippen LogP contribution in [0.1, 0.15) is 98.3 Å². The number of ketones is 1. The number of Topliss-reactive ketones (excluding diaryl/α,β-unsaturated/α-hetero) is 1. The molecule has 0 aliphatic heterocycles. The summed E-state index contributed by atoms with van der Waals surface area (Å²) in [5.41, 5.74) is -1.38. The van der Waals surface area contributed by atoms with Crippen molar-refractivity contribution in [3.63, 3.8) is 0 Å². The van der Waals surface area contributed by atoms with Crippen LogP contribution in [0, 0.1) is 28.6 Å². The van der Waals surface area contributed by atoms with Crippen LogP contribution in [0.3, 0.4) is 0 Å². The van der Waals surface area contributed by atoms with E-state index in [1.54, 1.807) is 14.0 Å². The Morgan fingerprint density at radius 1 is 1.03 bits per heavy atom. The Balaban J connectivity index is 1.49. The largest absolute Gasteiger partial charge is 0.462 e. The van der Waals surface area contributed by atoms with E-state index in [4.69, 9.17) is 9.47 Å². The molecule has 0 aromatic rings. The summed E-state index contributed by atoms with van der Waals surface area (Å²) >= 11 is 0. The number of aliphatic hydroxyl groups is 1. The second-order valence-electron chi connectivity index (χ2n) is 12.6. The molecule has 0 amide bonds. The molecule has 7 atom stereocenters. The standard InChI is InChI=1S/C26H42O5/c1-17-6-7-20(23(3,4)30-5)21(8-17)31-22(28)13-25-11-19-10-24(14-25,9-18(2)27)15-26(29,12-19)16-25/h17,19-21,29H,6-16H2,1-5H3. The van der Waals surface area contributed by atoms with Crippen molar-refractivity contribution in [1.82, 2.24) is 0 Å². The lowest BCUT2D eigenvalue weighted by Gasteiger charge is -2.65. The van der Waals surface area contributed by atoms with Crippen LogP contribution in [0.4, 0.5) is 0 Å². The van der Waals surface area contributed by atoms with E-state index in [-0.39, 0.29) is 40.2 Å². The minimum atomic E-state index is -0.713. The van der Waals surface area contributed by atoms with E-state index in [0.717, 1.165) is 51.4 Å². The average molecular weight is 435 g/mol. The molecule has 1 N–H and O–H groups in total. The van der Waals surface area contributed by atoms with Crippen molar-refractivity contribution in [2.24, 2.45) is 28.6 Å². The predicted molar refractivity (Wildman–Crippen MR) is 118 cm³/mol. The topological polar surface area (TPSA) is 72.8 Å². The summed E-state index contributed by atoms with van der Waals surface area (Å²) < 4.78 is 11.9. The number of carbonyl (C=O) groups is 2. The minimum Gasteiger partial charge on any atom is -0.462 e. The molecule has 0 spiro atoms. The quantitative estimate of drug-likeness (QED) is 0.581. The molecule has 5 rings (SSSR count). The van der Waals surface area contributed by atoms with Gasteiger partial charge in [-0.1, -0.05) is 13.3 Å². The maximum absolute atomic E-state index is 13.3. The smallest absolute Gasteiger partial charge is 0.306 e.